The van der Waals surface area contributed by atoms with Crippen molar-refractivity contribution in [2.75, 3.05) is 11.4 Å². The Morgan fingerprint density at radius 1 is 1.02 bits per heavy atom. The van der Waals surface area contributed by atoms with E-state index in [1.807, 2.05) is 41.0 Å². The molecule has 1 aromatic carbocycles. The van der Waals surface area contributed by atoms with E-state index in [1.54, 1.807) is 34.9 Å². The van der Waals surface area contributed by atoms with Crippen LogP contribution < -0.4 is 15.9 Å². The maximum absolute atomic E-state index is 13.7. The molecule has 1 saturated heterocycles. The lowest BCUT2D eigenvalue weighted by Gasteiger charge is -2.29. The normalized spacial score (nSPS) is 19.4. The molecule has 0 spiro atoms. The molecule has 3 aromatic heterocycles. The fraction of sp³-hybridized carbons (Fsp3) is 0.367. The van der Waals surface area contributed by atoms with Crippen LogP contribution in [-0.2, 0) is 11.3 Å². The van der Waals surface area contributed by atoms with Gasteiger partial charge in [-0.25, -0.2) is 14.3 Å². The van der Waals surface area contributed by atoms with Crippen LogP contribution in [0.3, 0.4) is 0 Å². The average Bonchev–Trinajstić information content (AvgIpc) is 3.51. The van der Waals surface area contributed by atoms with E-state index in [9.17, 15) is 14.4 Å². The Bertz CT molecular complexity index is 1640. The van der Waals surface area contributed by atoms with Crippen molar-refractivity contribution in [2.45, 2.75) is 58.0 Å². The van der Waals surface area contributed by atoms with Gasteiger partial charge in [-0.2, -0.15) is 0 Å². The summed E-state index contributed by atoms with van der Waals surface area (Å²) in [5.74, 6) is 0.806. The molecule has 10 heteroatoms. The van der Waals surface area contributed by atoms with Crippen molar-refractivity contribution in [3.05, 3.63) is 81.6 Å². The van der Waals surface area contributed by atoms with Crippen LogP contribution in [0.1, 0.15) is 54.6 Å². The molecule has 206 valence electrons. The number of carbonyl (C=O) groups excluding carboxylic acids is 2. The summed E-state index contributed by atoms with van der Waals surface area (Å²) in [6.07, 6.45) is 8.11. The Hall–Kier alpha value is -3.98. The Labute approximate surface area is 236 Å². The molecule has 1 saturated carbocycles. The summed E-state index contributed by atoms with van der Waals surface area (Å²) in [6.45, 7) is 3.10. The summed E-state index contributed by atoms with van der Waals surface area (Å²) in [6, 6.07) is 13.2. The third-order valence-corrected chi connectivity index (χ3v) is 8.31. The maximum atomic E-state index is 13.7. The SMILES string of the molecule is Cc1ncc(Cl)cc1C(=O)N[C@H]1CC[C@H](Cn2c(=O)n(-c3ccc(N4CCCC4=O)cn3)c3ccccc32)CC1. The van der Waals surface area contributed by atoms with Crippen molar-refractivity contribution in [3.8, 4) is 5.82 Å². The zero-order valence-electron chi connectivity index (χ0n) is 22.3. The molecule has 1 aliphatic heterocycles. The van der Waals surface area contributed by atoms with Crippen LogP contribution in [-0.4, -0.2) is 43.5 Å². The number of fused-ring (bicyclic) bond motifs is 1. The largest absolute Gasteiger partial charge is 0.349 e. The lowest BCUT2D eigenvalue weighted by molar-refractivity contribution is -0.117. The molecule has 4 aromatic rings. The van der Waals surface area contributed by atoms with Gasteiger partial charge in [-0.3, -0.25) is 19.1 Å². The van der Waals surface area contributed by atoms with Crippen molar-refractivity contribution in [1.82, 2.24) is 24.4 Å². The number of aromatic nitrogens is 4. The molecule has 0 radical (unpaired) electrons. The van der Waals surface area contributed by atoms with E-state index in [-0.39, 0.29) is 23.5 Å². The molecule has 2 aliphatic rings. The first-order chi connectivity index (χ1) is 19.4. The minimum atomic E-state index is -0.150. The Balaban J connectivity index is 1.17. The van der Waals surface area contributed by atoms with Crippen molar-refractivity contribution in [2.24, 2.45) is 5.92 Å². The predicted octanol–water partition coefficient (Wildman–Crippen LogP) is 4.66. The molecular weight excluding hydrogens is 528 g/mol. The number of hydrogen-bond acceptors (Lipinski definition) is 5. The Morgan fingerprint density at radius 3 is 2.50 bits per heavy atom. The molecular formula is C30H31ClN6O3. The number of aryl methyl sites for hydroxylation is 1. The van der Waals surface area contributed by atoms with Crippen LogP contribution in [0.4, 0.5) is 5.69 Å². The third kappa shape index (κ3) is 5.01. The number of hydrogen-bond donors (Lipinski definition) is 1. The number of nitrogens with zero attached hydrogens (tertiary/aromatic N) is 5. The van der Waals surface area contributed by atoms with Crippen molar-refractivity contribution in [3.63, 3.8) is 0 Å². The molecule has 2 amide bonds. The van der Waals surface area contributed by atoms with Gasteiger partial charge in [0.1, 0.15) is 5.82 Å². The Morgan fingerprint density at radius 2 is 1.80 bits per heavy atom. The monoisotopic (exact) mass is 558 g/mol. The molecule has 4 heterocycles. The second-order valence-electron chi connectivity index (χ2n) is 10.7. The van der Waals surface area contributed by atoms with Crippen LogP contribution in [0.25, 0.3) is 16.9 Å². The van der Waals surface area contributed by atoms with Crippen LogP contribution in [0.2, 0.25) is 5.02 Å². The quantitative estimate of drug-likeness (QED) is 0.371. The smallest absolute Gasteiger partial charge is 0.334 e. The number of imidazole rings is 1. The van der Waals surface area contributed by atoms with Gasteiger partial charge in [0.2, 0.25) is 5.91 Å². The highest BCUT2D eigenvalue weighted by atomic mass is 35.5. The molecule has 0 bridgehead atoms. The summed E-state index contributed by atoms with van der Waals surface area (Å²) in [4.78, 5) is 49.2. The first-order valence-corrected chi connectivity index (χ1v) is 14.2. The van der Waals surface area contributed by atoms with Gasteiger partial charge in [0.15, 0.2) is 0 Å². The molecule has 40 heavy (non-hydrogen) atoms. The number of amides is 2. The molecule has 6 rings (SSSR count). The van der Waals surface area contributed by atoms with Gasteiger partial charge < -0.3 is 10.2 Å². The van der Waals surface area contributed by atoms with Crippen molar-refractivity contribution in [1.29, 1.82) is 0 Å². The fourth-order valence-corrected chi connectivity index (χ4v) is 6.10. The highest BCUT2D eigenvalue weighted by molar-refractivity contribution is 6.30. The number of nitrogens with one attached hydrogen (secondary N) is 1. The standard InChI is InChI=1S/C30H31ClN6O3/c1-19-24(15-21(31)16-32-19)29(39)34-22-10-8-20(9-11-22)18-36-25-5-2-3-6-26(25)37(30(36)40)27-13-12-23(17-33-27)35-14-4-7-28(35)38/h2-3,5-6,12-13,15-17,20,22H,4,7-11,14,18H2,1H3,(H,34,39)/t20-,22-. The van der Waals surface area contributed by atoms with Crippen molar-refractivity contribution < 1.29 is 9.59 Å². The summed E-state index contributed by atoms with van der Waals surface area (Å²) in [5, 5.41) is 3.58. The summed E-state index contributed by atoms with van der Waals surface area (Å²) < 4.78 is 3.50. The minimum Gasteiger partial charge on any atom is -0.349 e. The fourth-order valence-electron chi connectivity index (χ4n) is 5.95. The molecule has 2 fully saturated rings. The van der Waals surface area contributed by atoms with Gasteiger partial charge in [0.25, 0.3) is 5.91 Å². The summed E-state index contributed by atoms with van der Waals surface area (Å²) >= 11 is 6.04. The van der Waals surface area contributed by atoms with Gasteiger partial charge in [0, 0.05) is 31.7 Å². The lowest BCUT2D eigenvalue weighted by atomic mass is 9.85. The van der Waals surface area contributed by atoms with Gasteiger partial charge in [0.05, 0.1) is 39.2 Å². The molecule has 9 nitrogen and oxygen atoms in total. The number of carbonyl (C=O) groups is 2. The van der Waals surface area contributed by atoms with E-state index in [2.05, 4.69) is 15.3 Å². The minimum absolute atomic E-state index is 0.0744. The van der Waals surface area contributed by atoms with Gasteiger partial charge in [-0.05, 0) is 75.3 Å². The number of benzene rings is 1. The zero-order valence-corrected chi connectivity index (χ0v) is 23.1. The topological polar surface area (TPSA) is 102 Å². The second-order valence-corrected chi connectivity index (χ2v) is 11.2. The summed E-state index contributed by atoms with van der Waals surface area (Å²) in [7, 11) is 0. The molecule has 0 unspecified atom stereocenters. The zero-order chi connectivity index (χ0) is 27.8. The second kappa shape index (κ2) is 10.9. The first-order valence-electron chi connectivity index (χ1n) is 13.8. The van der Waals surface area contributed by atoms with Crippen LogP contribution in [0, 0.1) is 12.8 Å². The third-order valence-electron chi connectivity index (χ3n) is 8.10. The van der Waals surface area contributed by atoms with Crippen molar-refractivity contribution >= 4 is 40.1 Å². The van der Waals surface area contributed by atoms with Gasteiger partial charge in [-0.1, -0.05) is 23.7 Å². The molecule has 0 atom stereocenters. The predicted molar refractivity (Wildman–Crippen MR) is 154 cm³/mol. The highest BCUT2D eigenvalue weighted by Crippen LogP contribution is 2.28. The number of halogens is 1. The highest BCUT2D eigenvalue weighted by Gasteiger charge is 2.26. The lowest BCUT2D eigenvalue weighted by Crippen LogP contribution is -2.39. The van der Waals surface area contributed by atoms with Gasteiger partial charge in [-0.15, -0.1) is 0 Å². The molecule has 1 aliphatic carbocycles. The van der Waals surface area contributed by atoms with E-state index < -0.39 is 0 Å². The van der Waals surface area contributed by atoms with E-state index >= 15 is 0 Å². The van der Waals surface area contributed by atoms with Crippen LogP contribution in [0.15, 0.2) is 59.7 Å². The average molecular weight is 559 g/mol. The number of pyridine rings is 2. The molecule has 1 N–H and O–H groups in total. The van der Waals surface area contributed by atoms with E-state index in [0.29, 0.717) is 47.5 Å². The number of rotatable bonds is 6. The van der Waals surface area contributed by atoms with E-state index in [0.717, 1.165) is 48.8 Å². The Kier molecular flexibility index (Phi) is 7.14. The van der Waals surface area contributed by atoms with Crippen LogP contribution in [0.5, 0.6) is 0 Å². The van der Waals surface area contributed by atoms with Gasteiger partial charge >= 0.3 is 5.69 Å². The van der Waals surface area contributed by atoms with Crippen LogP contribution >= 0.6 is 11.6 Å². The first kappa shape index (κ1) is 26.3. The van der Waals surface area contributed by atoms with E-state index in [4.69, 9.17) is 11.6 Å². The summed E-state index contributed by atoms with van der Waals surface area (Å²) in [5.41, 5.74) is 3.46. The number of para-hydroxylation sites is 2. The maximum Gasteiger partial charge on any atom is 0.334 e. The van der Waals surface area contributed by atoms with E-state index in [1.165, 1.54) is 0 Å². The number of anilines is 1.